The highest BCUT2D eigenvalue weighted by molar-refractivity contribution is 9.10. The van der Waals surface area contributed by atoms with Crippen molar-refractivity contribution < 1.29 is 9.84 Å². The van der Waals surface area contributed by atoms with Crippen LogP contribution < -0.4 is 10.1 Å². The first kappa shape index (κ1) is 12.8. The Morgan fingerprint density at radius 3 is 2.87 bits per heavy atom. The molecule has 0 bridgehead atoms. The van der Waals surface area contributed by atoms with Gasteiger partial charge in [0.25, 0.3) is 0 Å². The van der Waals surface area contributed by atoms with E-state index in [1.807, 2.05) is 6.07 Å². The number of hydrogen-bond acceptors (Lipinski definition) is 3. The molecule has 0 aromatic heterocycles. The van der Waals surface area contributed by atoms with E-state index in [4.69, 9.17) is 21.4 Å². The van der Waals surface area contributed by atoms with Crippen molar-refractivity contribution in [3.63, 3.8) is 0 Å². The summed E-state index contributed by atoms with van der Waals surface area (Å²) in [6.45, 7) is 1.99. The van der Waals surface area contributed by atoms with Gasteiger partial charge in [-0.05, 0) is 34.1 Å². The second kappa shape index (κ2) is 7.06. The number of aliphatic hydroxyl groups excluding tert-OH is 1. The molecule has 5 heteroatoms. The Bertz CT molecular complexity index is 309. The largest absolute Gasteiger partial charge is 0.491 e. The average molecular weight is 295 g/mol. The van der Waals surface area contributed by atoms with Crippen molar-refractivity contribution in [3.05, 3.63) is 27.7 Å². The van der Waals surface area contributed by atoms with E-state index in [-0.39, 0.29) is 6.61 Å². The van der Waals surface area contributed by atoms with Crippen molar-refractivity contribution in [2.24, 2.45) is 0 Å². The Morgan fingerprint density at radius 2 is 2.20 bits per heavy atom. The summed E-state index contributed by atoms with van der Waals surface area (Å²) < 4.78 is 6.33. The average Bonchev–Trinajstić information content (AvgIpc) is 2.20. The first-order valence-corrected chi connectivity index (χ1v) is 5.80. The lowest BCUT2D eigenvalue weighted by atomic mass is 10.3. The van der Waals surface area contributed by atoms with Gasteiger partial charge in [0.05, 0.1) is 11.1 Å². The van der Waals surface area contributed by atoms with E-state index in [0.717, 1.165) is 10.2 Å². The van der Waals surface area contributed by atoms with E-state index in [1.165, 1.54) is 0 Å². The van der Waals surface area contributed by atoms with Gasteiger partial charge < -0.3 is 15.2 Å². The van der Waals surface area contributed by atoms with Crippen LogP contribution >= 0.6 is 27.5 Å². The van der Waals surface area contributed by atoms with E-state index < -0.39 is 0 Å². The molecule has 84 valence electrons. The Balaban J connectivity index is 2.31. The maximum atomic E-state index is 8.53. The summed E-state index contributed by atoms with van der Waals surface area (Å²) in [5.41, 5.74) is 0. The van der Waals surface area contributed by atoms with Crippen LogP contribution in [0, 0.1) is 0 Å². The first-order chi connectivity index (χ1) is 7.24. The second-order valence-corrected chi connectivity index (χ2v) is 4.19. The standard InChI is InChI=1S/C10H13BrClNO2/c11-9-7-8(12)1-2-10(9)15-6-4-13-3-5-14/h1-2,7,13-14H,3-6H2. The molecule has 15 heavy (non-hydrogen) atoms. The molecule has 1 rings (SSSR count). The van der Waals surface area contributed by atoms with Crippen molar-refractivity contribution in [1.29, 1.82) is 0 Å². The van der Waals surface area contributed by atoms with Crippen LogP contribution in [0.1, 0.15) is 0 Å². The fourth-order valence-corrected chi connectivity index (χ4v) is 1.83. The van der Waals surface area contributed by atoms with Crippen molar-refractivity contribution in [3.8, 4) is 5.75 Å². The van der Waals surface area contributed by atoms with Crippen LogP contribution in [0.2, 0.25) is 5.02 Å². The fraction of sp³-hybridized carbons (Fsp3) is 0.400. The first-order valence-electron chi connectivity index (χ1n) is 4.63. The summed E-state index contributed by atoms with van der Waals surface area (Å²) in [7, 11) is 0. The minimum Gasteiger partial charge on any atom is -0.491 e. The highest BCUT2D eigenvalue weighted by Crippen LogP contribution is 2.27. The van der Waals surface area contributed by atoms with Crippen LogP contribution in [-0.4, -0.2) is 31.4 Å². The molecule has 2 N–H and O–H groups in total. The highest BCUT2D eigenvalue weighted by atomic mass is 79.9. The topological polar surface area (TPSA) is 41.5 Å². The lowest BCUT2D eigenvalue weighted by Gasteiger charge is -2.08. The van der Waals surface area contributed by atoms with Crippen molar-refractivity contribution in [2.45, 2.75) is 0 Å². The third-order valence-electron chi connectivity index (χ3n) is 1.72. The van der Waals surface area contributed by atoms with E-state index in [1.54, 1.807) is 12.1 Å². The van der Waals surface area contributed by atoms with Gasteiger partial charge >= 0.3 is 0 Å². The van der Waals surface area contributed by atoms with Crippen molar-refractivity contribution in [2.75, 3.05) is 26.3 Å². The van der Waals surface area contributed by atoms with Crippen LogP contribution in [0.4, 0.5) is 0 Å². The molecule has 3 nitrogen and oxygen atoms in total. The van der Waals surface area contributed by atoms with Crippen LogP contribution in [-0.2, 0) is 0 Å². The van der Waals surface area contributed by atoms with Crippen LogP contribution in [0.15, 0.2) is 22.7 Å². The van der Waals surface area contributed by atoms with Crippen molar-refractivity contribution in [1.82, 2.24) is 5.32 Å². The third-order valence-corrected chi connectivity index (χ3v) is 2.57. The molecule has 1 aromatic rings. The number of benzene rings is 1. The van der Waals surface area contributed by atoms with Gasteiger partial charge in [0.2, 0.25) is 0 Å². The number of halogens is 2. The summed E-state index contributed by atoms with van der Waals surface area (Å²) in [6.07, 6.45) is 0. The molecule has 0 fully saturated rings. The van der Waals surface area contributed by atoms with Gasteiger partial charge in [-0.15, -0.1) is 0 Å². The molecule has 0 atom stereocenters. The molecular formula is C10H13BrClNO2. The summed E-state index contributed by atoms with van der Waals surface area (Å²) in [4.78, 5) is 0. The Hall–Kier alpha value is -0.290. The van der Waals surface area contributed by atoms with Gasteiger partial charge in [0.1, 0.15) is 12.4 Å². The lowest BCUT2D eigenvalue weighted by Crippen LogP contribution is -2.24. The van der Waals surface area contributed by atoms with Gasteiger partial charge in [-0.1, -0.05) is 11.6 Å². The highest BCUT2D eigenvalue weighted by Gasteiger charge is 2.00. The van der Waals surface area contributed by atoms with Gasteiger partial charge in [-0.25, -0.2) is 0 Å². The zero-order valence-electron chi connectivity index (χ0n) is 8.17. The molecule has 0 amide bonds. The van der Waals surface area contributed by atoms with Gasteiger partial charge in [0.15, 0.2) is 0 Å². The Kier molecular flexibility index (Phi) is 6.02. The summed E-state index contributed by atoms with van der Waals surface area (Å²) in [5, 5.41) is 12.2. The van der Waals surface area contributed by atoms with E-state index in [9.17, 15) is 0 Å². The minimum absolute atomic E-state index is 0.143. The SMILES string of the molecule is OCCNCCOc1ccc(Cl)cc1Br. The molecule has 0 saturated carbocycles. The monoisotopic (exact) mass is 293 g/mol. The fourth-order valence-electron chi connectivity index (χ4n) is 1.03. The number of rotatable bonds is 6. The zero-order chi connectivity index (χ0) is 11.1. The van der Waals surface area contributed by atoms with Crippen LogP contribution in [0.25, 0.3) is 0 Å². The maximum absolute atomic E-state index is 8.53. The van der Waals surface area contributed by atoms with Gasteiger partial charge in [0, 0.05) is 18.1 Å². The Labute approximate surface area is 103 Å². The quantitative estimate of drug-likeness (QED) is 0.789. The predicted octanol–water partition coefficient (Wildman–Crippen LogP) is 2.06. The summed E-state index contributed by atoms with van der Waals surface area (Å²) in [6, 6.07) is 5.39. The molecule has 0 unspecified atom stereocenters. The van der Waals surface area contributed by atoms with Crippen LogP contribution in [0.3, 0.4) is 0 Å². The van der Waals surface area contributed by atoms with Gasteiger partial charge in [-0.3, -0.25) is 0 Å². The minimum atomic E-state index is 0.143. The second-order valence-electron chi connectivity index (χ2n) is 2.90. The molecular weight excluding hydrogens is 281 g/mol. The Morgan fingerprint density at radius 1 is 1.40 bits per heavy atom. The van der Waals surface area contributed by atoms with E-state index >= 15 is 0 Å². The maximum Gasteiger partial charge on any atom is 0.133 e. The lowest BCUT2D eigenvalue weighted by molar-refractivity contribution is 0.275. The molecule has 0 aliphatic heterocycles. The molecule has 0 radical (unpaired) electrons. The number of hydrogen-bond donors (Lipinski definition) is 2. The van der Waals surface area contributed by atoms with E-state index in [2.05, 4.69) is 21.2 Å². The molecule has 0 heterocycles. The van der Waals surface area contributed by atoms with Gasteiger partial charge in [-0.2, -0.15) is 0 Å². The molecule has 1 aromatic carbocycles. The smallest absolute Gasteiger partial charge is 0.133 e. The molecule has 0 saturated heterocycles. The molecule has 0 aliphatic carbocycles. The van der Waals surface area contributed by atoms with Crippen molar-refractivity contribution >= 4 is 27.5 Å². The summed E-state index contributed by atoms with van der Waals surface area (Å²) >= 11 is 9.15. The van der Waals surface area contributed by atoms with E-state index in [0.29, 0.717) is 24.7 Å². The predicted molar refractivity (Wildman–Crippen MR) is 64.6 cm³/mol. The number of aliphatic hydroxyl groups is 1. The number of ether oxygens (including phenoxy) is 1. The molecule has 0 aliphatic rings. The summed E-state index contributed by atoms with van der Waals surface area (Å²) in [5.74, 6) is 0.769. The number of nitrogens with one attached hydrogen (secondary N) is 1. The molecule has 0 spiro atoms. The zero-order valence-corrected chi connectivity index (χ0v) is 10.5. The van der Waals surface area contributed by atoms with Crippen LogP contribution in [0.5, 0.6) is 5.75 Å². The normalized spacial score (nSPS) is 10.3. The third kappa shape index (κ3) is 4.84.